The highest BCUT2D eigenvalue weighted by Crippen LogP contribution is 2.25. The van der Waals surface area contributed by atoms with Gasteiger partial charge in [0.05, 0.1) is 0 Å². The predicted octanol–water partition coefficient (Wildman–Crippen LogP) is 6.21. The third-order valence-electron chi connectivity index (χ3n) is 3.08. The van der Waals surface area contributed by atoms with Crippen molar-refractivity contribution in [2.45, 2.75) is 40.5 Å². The molecule has 0 aliphatic carbocycles. The molecule has 0 aromatic rings. The largest absolute Gasteiger partial charge is 0.493 e. The first-order chi connectivity index (χ1) is 10.1. The minimum absolute atomic E-state index is 0.352. The van der Waals surface area contributed by atoms with Gasteiger partial charge in [0.2, 0.25) is 0 Å². The summed E-state index contributed by atoms with van der Waals surface area (Å²) in [5.41, 5.74) is 2.53. The van der Waals surface area contributed by atoms with Gasteiger partial charge in [-0.05, 0) is 43.9 Å². The highest BCUT2D eigenvalue weighted by molar-refractivity contribution is 7.62. The molecule has 0 radical (unpaired) electrons. The van der Waals surface area contributed by atoms with Crippen molar-refractivity contribution < 1.29 is 4.74 Å². The van der Waals surface area contributed by atoms with Crippen LogP contribution >= 0.6 is 7.55 Å². The van der Waals surface area contributed by atoms with Gasteiger partial charge in [-0.1, -0.05) is 44.7 Å². The van der Waals surface area contributed by atoms with Crippen molar-refractivity contribution in [3.63, 3.8) is 0 Å². The Balaban J connectivity index is 4.70. The Hall–Kier alpha value is -1.33. The summed E-state index contributed by atoms with van der Waals surface area (Å²) in [6.45, 7) is 15.2. The topological polar surface area (TPSA) is 9.23 Å². The van der Waals surface area contributed by atoms with Crippen LogP contribution in [-0.4, -0.2) is 18.6 Å². The zero-order valence-corrected chi connectivity index (χ0v) is 15.1. The smallest absolute Gasteiger partial charge is 0.150 e. The van der Waals surface area contributed by atoms with E-state index in [4.69, 9.17) is 4.74 Å². The van der Waals surface area contributed by atoms with E-state index in [1.54, 1.807) is 0 Å². The van der Waals surface area contributed by atoms with E-state index in [2.05, 4.69) is 71.1 Å². The summed E-state index contributed by atoms with van der Waals surface area (Å²) in [5, 5.41) is 1.31. The van der Waals surface area contributed by atoms with Gasteiger partial charge in [0.25, 0.3) is 0 Å². The molecule has 0 rings (SSSR count). The lowest BCUT2D eigenvalue weighted by molar-refractivity contribution is 0.284. The van der Waals surface area contributed by atoms with E-state index in [0.717, 1.165) is 12.8 Å². The molecule has 0 saturated carbocycles. The van der Waals surface area contributed by atoms with Crippen LogP contribution in [0.15, 0.2) is 60.2 Å². The summed E-state index contributed by atoms with van der Waals surface area (Å²) < 4.78 is 5.67. The second kappa shape index (κ2) is 12.4. The van der Waals surface area contributed by atoms with Crippen molar-refractivity contribution >= 4 is 12.8 Å². The second-order valence-corrected chi connectivity index (χ2v) is 6.77. The van der Waals surface area contributed by atoms with Crippen LogP contribution in [0.25, 0.3) is 0 Å². The molecule has 0 aromatic heterocycles. The standard InChI is InChI=1S/C19H30OP/c1-7-11-13-18(12-8-2)16-20-14-15-21(6)19(10-4)17(5)9-3/h9-15H,4,7-8,16H2,1-3,5-6H3/q+1/b13-11-,15-14+,17-9-,18-12+. The third-order valence-corrected chi connectivity index (χ3v) is 4.94. The molecule has 0 aliphatic heterocycles. The Morgan fingerprint density at radius 1 is 1.24 bits per heavy atom. The van der Waals surface area contributed by atoms with Gasteiger partial charge < -0.3 is 4.74 Å². The molecular weight excluding hydrogens is 275 g/mol. The van der Waals surface area contributed by atoms with Crippen molar-refractivity contribution in [1.29, 1.82) is 0 Å². The quantitative estimate of drug-likeness (QED) is 0.279. The van der Waals surface area contributed by atoms with Gasteiger partial charge in [0.1, 0.15) is 38.2 Å². The summed E-state index contributed by atoms with van der Waals surface area (Å²) in [4.78, 5) is 0. The first-order valence-corrected chi connectivity index (χ1v) is 9.45. The molecule has 2 heteroatoms. The lowest BCUT2D eigenvalue weighted by Crippen LogP contribution is -1.93. The molecule has 21 heavy (non-hydrogen) atoms. The monoisotopic (exact) mass is 305 g/mol. The van der Waals surface area contributed by atoms with Gasteiger partial charge in [-0.2, -0.15) is 0 Å². The first-order valence-electron chi connectivity index (χ1n) is 7.59. The van der Waals surface area contributed by atoms with Crippen LogP contribution in [0.1, 0.15) is 40.5 Å². The van der Waals surface area contributed by atoms with Crippen LogP contribution in [0, 0.1) is 0 Å². The number of allylic oxidation sites excluding steroid dienone is 5. The van der Waals surface area contributed by atoms with Gasteiger partial charge in [0, 0.05) is 0 Å². The molecule has 0 N–H and O–H groups in total. The van der Waals surface area contributed by atoms with E-state index >= 15 is 0 Å². The Labute approximate surface area is 132 Å². The molecule has 0 spiro atoms. The van der Waals surface area contributed by atoms with Gasteiger partial charge >= 0.3 is 0 Å². The minimum Gasteiger partial charge on any atom is -0.493 e. The summed E-state index contributed by atoms with van der Waals surface area (Å²) in [5.74, 6) is 2.15. The molecule has 1 nitrogen and oxygen atoms in total. The normalized spacial score (nSPS) is 14.7. The summed E-state index contributed by atoms with van der Waals surface area (Å²) in [7, 11) is -0.352. The minimum atomic E-state index is -0.352. The number of hydrogen-bond acceptors (Lipinski definition) is 1. The molecular formula is C19H30OP+. The lowest BCUT2D eigenvalue weighted by atomic mass is 10.2. The molecule has 0 saturated heterocycles. The van der Waals surface area contributed by atoms with E-state index in [1.807, 2.05) is 12.3 Å². The number of hydrogen-bond donors (Lipinski definition) is 0. The Morgan fingerprint density at radius 2 is 1.95 bits per heavy atom. The van der Waals surface area contributed by atoms with Crippen LogP contribution in [0.3, 0.4) is 0 Å². The molecule has 1 unspecified atom stereocenters. The van der Waals surface area contributed by atoms with Gasteiger partial charge in [-0.3, -0.25) is 0 Å². The average Bonchev–Trinajstić information content (AvgIpc) is 2.49. The highest BCUT2D eigenvalue weighted by atomic mass is 31.1. The molecule has 0 aliphatic rings. The average molecular weight is 305 g/mol. The zero-order chi connectivity index (χ0) is 16.1. The molecule has 0 bridgehead atoms. The van der Waals surface area contributed by atoms with Crippen LogP contribution in [0.4, 0.5) is 0 Å². The molecule has 0 fully saturated rings. The van der Waals surface area contributed by atoms with Crippen molar-refractivity contribution in [2.75, 3.05) is 13.3 Å². The van der Waals surface area contributed by atoms with Crippen LogP contribution in [-0.2, 0) is 4.74 Å². The molecule has 0 aromatic carbocycles. The predicted molar refractivity (Wildman–Crippen MR) is 100 cm³/mol. The van der Waals surface area contributed by atoms with Crippen molar-refractivity contribution in [3.05, 3.63) is 60.2 Å². The van der Waals surface area contributed by atoms with E-state index in [1.165, 1.54) is 16.4 Å². The van der Waals surface area contributed by atoms with Crippen molar-refractivity contribution in [2.24, 2.45) is 0 Å². The fourth-order valence-corrected chi connectivity index (χ4v) is 3.20. The summed E-state index contributed by atoms with van der Waals surface area (Å²) in [6.07, 6.45) is 14.5. The van der Waals surface area contributed by atoms with Crippen LogP contribution in [0.5, 0.6) is 0 Å². The molecule has 1 atom stereocenters. The van der Waals surface area contributed by atoms with E-state index in [-0.39, 0.29) is 7.55 Å². The number of rotatable bonds is 9. The van der Waals surface area contributed by atoms with Crippen molar-refractivity contribution in [1.82, 2.24) is 0 Å². The summed E-state index contributed by atoms with van der Waals surface area (Å²) in [6, 6.07) is 0. The Morgan fingerprint density at radius 3 is 2.48 bits per heavy atom. The van der Waals surface area contributed by atoms with Gasteiger partial charge in [0.15, 0.2) is 0 Å². The maximum atomic E-state index is 5.67. The first kappa shape index (κ1) is 19.7. The van der Waals surface area contributed by atoms with E-state index in [0.29, 0.717) is 6.61 Å². The maximum Gasteiger partial charge on any atom is 0.150 e. The fraction of sp³-hybridized carbons (Fsp3) is 0.421. The zero-order valence-electron chi connectivity index (χ0n) is 14.2. The van der Waals surface area contributed by atoms with Gasteiger partial charge in [-0.25, -0.2) is 0 Å². The summed E-state index contributed by atoms with van der Waals surface area (Å²) >= 11 is 0. The molecule has 116 valence electrons. The lowest BCUT2D eigenvalue weighted by Gasteiger charge is -2.01. The second-order valence-electron chi connectivity index (χ2n) is 4.77. The maximum absolute atomic E-state index is 5.67. The van der Waals surface area contributed by atoms with E-state index in [9.17, 15) is 0 Å². The van der Waals surface area contributed by atoms with Crippen LogP contribution < -0.4 is 0 Å². The Kier molecular flexibility index (Phi) is 11.6. The third kappa shape index (κ3) is 8.52. The van der Waals surface area contributed by atoms with Gasteiger partial charge in [-0.15, -0.1) is 0 Å². The number of ether oxygens (including phenoxy) is 1. The highest BCUT2D eigenvalue weighted by Gasteiger charge is 2.08. The van der Waals surface area contributed by atoms with Crippen molar-refractivity contribution in [3.8, 4) is 0 Å². The SMILES string of the molecule is C=CC(/C(C)=C\C)=[P+](C)\C=C\OCC(/C=C\CC)=C/CC. The molecule has 0 heterocycles. The van der Waals surface area contributed by atoms with Crippen LogP contribution in [0.2, 0.25) is 0 Å². The van der Waals surface area contributed by atoms with E-state index < -0.39 is 0 Å². The molecule has 0 amide bonds. The Bertz CT molecular complexity index is 462. The fourth-order valence-electron chi connectivity index (χ4n) is 1.80.